The van der Waals surface area contributed by atoms with Gasteiger partial charge in [0.2, 0.25) is 0 Å². The summed E-state index contributed by atoms with van der Waals surface area (Å²) in [5.74, 6) is 0.478. The Bertz CT molecular complexity index is 526. The van der Waals surface area contributed by atoms with Crippen molar-refractivity contribution in [3.63, 3.8) is 0 Å². The Balaban J connectivity index is 2.07. The van der Waals surface area contributed by atoms with Crippen LogP contribution in [0, 0.1) is 26.7 Å². The number of nitrogens with zero attached hydrogens (tertiary/aromatic N) is 1. The van der Waals surface area contributed by atoms with Gasteiger partial charge in [0, 0.05) is 11.3 Å². The number of aryl methyl sites for hydroxylation is 3. The van der Waals surface area contributed by atoms with E-state index >= 15 is 0 Å². The van der Waals surface area contributed by atoms with Crippen LogP contribution in [0.1, 0.15) is 26.7 Å². The van der Waals surface area contributed by atoms with Gasteiger partial charge in [-0.3, -0.25) is 0 Å². The Labute approximate surface area is 119 Å². The Hall–Kier alpha value is -1.19. The molecule has 1 atom stereocenters. The minimum atomic E-state index is 0.478. The molecule has 0 aliphatic rings. The fourth-order valence-corrected chi connectivity index (χ4v) is 3.31. The molecule has 1 heterocycles. The molecule has 0 saturated heterocycles. The second kappa shape index (κ2) is 6.31. The fourth-order valence-electron chi connectivity index (χ4n) is 2.26. The van der Waals surface area contributed by atoms with Gasteiger partial charge < -0.3 is 5.73 Å². The molecule has 0 saturated carbocycles. The lowest BCUT2D eigenvalue weighted by Gasteiger charge is -2.14. The number of rotatable bonds is 5. The van der Waals surface area contributed by atoms with E-state index in [1.54, 1.807) is 11.3 Å². The minimum Gasteiger partial charge on any atom is -0.330 e. The zero-order valence-electron chi connectivity index (χ0n) is 11.9. The molecule has 0 fully saturated rings. The average Bonchev–Trinajstić information content (AvgIpc) is 2.70. The summed E-state index contributed by atoms with van der Waals surface area (Å²) in [7, 11) is 0. The van der Waals surface area contributed by atoms with Crippen molar-refractivity contribution in [2.24, 2.45) is 11.7 Å². The molecule has 0 amide bonds. The van der Waals surface area contributed by atoms with Gasteiger partial charge in [-0.1, -0.05) is 24.3 Å². The molecule has 3 heteroatoms. The van der Waals surface area contributed by atoms with Crippen LogP contribution < -0.4 is 5.73 Å². The van der Waals surface area contributed by atoms with E-state index in [0.29, 0.717) is 12.5 Å². The van der Waals surface area contributed by atoms with E-state index in [-0.39, 0.29) is 0 Å². The first-order valence-electron chi connectivity index (χ1n) is 6.77. The van der Waals surface area contributed by atoms with Gasteiger partial charge >= 0.3 is 0 Å². The zero-order valence-corrected chi connectivity index (χ0v) is 12.8. The maximum Gasteiger partial charge on any atom is 0.0934 e. The smallest absolute Gasteiger partial charge is 0.0934 e. The standard InChI is InChI=1S/C16H22N2S/c1-11-6-4-5-7-15(11)8-14(10-17)9-16-18-12(2)13(3)19-16/h4-7,14H,8-10,17H2,1-3H3. The molecule has 1 aromatic heterocycles. The largest absolute Gasteiger partial charge is 0.330 e. The molecular formula is C16H22N2S. The SMILES string of the molecule is Cc1ccccc1CC(CN)Cc1nc(C)c(C)s1. The Kier molecular flexibility index (Phi) is 4.72. The highest BCUT2D eigenvalue weighted by Crippen LogP contribution is 2.22. The van der Waals surface area contributed by atoms with Gasteiger partial charge in [0.1, 0.15) is 0 Å². The van der Waals surface area contributed by atoms with Crippen LogP contribution >= 0.6 is 11.3 Å². The van der Waals surface area contributed by atoms with Crippen molar-refractivity contribution in [2.45, 2.75) is 33.6 Å². The summed E-state index contributed by atoms with van der Waals surface area (Å²) in [6.45, 7) is 7.09. The predicted molar refractivity (Wildman–Crippen MR) is 82.7 cm³/mol. The van der Waals surface area contributed by atoms with Crippen molar-refractivity contribution in [1.29, 1.82) is 0 Å². The molecule has 102 valence electrons. The second-order valence-electron chi connectivity index (χ2n) is 5.19. The van der Waals surface area contributed by atoms with E-state index in [1.165, 1.54) is 21.0 Å². The first-order chi connectivity index (χ1) is 9.10. The molecule has 19 heavy (non-hydrogen) atoms. The van der Waals surface area contributed by atoms with Gasteiger partial charge in [-0.15, -0.1) is 11.3 Å². The van der Waals surface area contributed by atoms with E-state index in [1.807, 2.05) is 0 Å². The lowest BCUT2D eigenvalue weighted by molar-refractivity contribution is 0.530. The number of aromatic nitrogens is 1. The van der Waals surface area contributed by atoms with Crippen LogP contribution in [0.2, 0.25) is 0 Å². The maximum absolute atomic E-state index is 5.94. The summed E-state index contributed by atoms with van der Waals surface area (Å²) in [4.78, 5) is 5.95. The van der Waals surface area contributed by atoms with Gasteiger partial charge in [0.15, 0.2) is 0 Å². The number of thiazole rings is 1. The third kappa shape index (κ3) is 3.64. The second-order valence-corrected chi connectivity index (χ2v) is 6.47. The zero-order chi connectivity index (χ0) is 13.8. The van der Waals surface area contributed by atoms with Crippen molar-refractivity contribution >= 4 is 11.3 Å². The molecule has 2 nitrogen and oxygen atoms in total. The summed E-state index contributed by atoms with van der Waals surface area (Å²) in [5.41, 5.74) is 9.86. The van der Waals surface area contributed by atoms with Gasteiger partial charge in [-0.05, 0) is 50.8 Å². The predicted octanol–water partition coefficient (Wildman–Crippen LogP) is 3.43. The van der Waals surface area contributed by atoms with Crippen LogP contribution in [-0.4, -0.2) is 11.5 Å². The highest BCUT2D eigenvalue weighted by atomic mass is 32.1. The molecule has 0 aliphatic heterocycles. The highest BCUT2D eigenvalue weighted by molar-refractivity contribution is 7.11. The van der Waals surface area contributed by atoms with Crippen LogP contribution in [0.25, 0.3) is 0 Å². The summed E-state index contributed by atoms with van der Waals surface area (Å²) in [5, 5.41) is 1.22. The topological polar surface area (TPSA) is 38.9 Å². The first kappa shape index (κ1) is 14.2. The van der Waals surface area contributed by atoms with Gasteiger partial charge in [-0.2, -0.15) is 0 Å². The molecule has 2 rings (SSSR count). The van der Waals surface area contributed by atoms with Crippen LogP contribution in [-0.2, 0) is 12.8 Å². The van der Waals surface area contributed by atoms with Crippen LogP contribution in [0.5, 0.6) is 0 Å². The van der Waals surface area contributed by atoms with Gasteiger partial charge in [0.25, 0.3) is 0 Å². The fraction of sp³-hybridized carbons (Fsp3) is 0.438. The van der Waals surface area contributed by atoms with Crippen molar-refractivity contribution in [1.82, 2.24) is 4.98 Å². The van der Waals surface area contributed by atoms with Crippen LogP contribution in [0.4, 0.5) is 0 Å². The summed E-state index contributed by atoms with van der Waals surface area (Å²) < 4.78 is 0. The molecular weight excluding hydrogens is 252 g/mol. The Morgan fingerprint density at radius 2 is 1.89 bits per heavy atom. The third-order valence-corrected chi connectivity index (χ3v) is 4.73. The van der Waals surface area contributed by atoms with E-state index in [0.717, 1.165) is 18.5 Å². The maximum atomic E-state index is 5.94. The van der Waals surface area contributed by atoms with E-state index in [4.69, 9.17) is 5.73 Å². The molecule has 1 unspecified atom stereocenters. The molecule has 1 aromatic carbocycles. The highest BCUT2D eigenvalue weighted by Gasteiger charge is 2.13. The molecule has 0 radical (unpaired) electrons. The quantitative estimate of drug-likeness (QED) is 0.907. The van der Waals surface area contributed by atoms with E-state index < -0.39 is 0 Å². The van der Waals surface area contributed by atoms with Gasteiger partial charge in [-0.25, -0.2) is 4.98 Å². The lowest BCUT2D eigenvalue weighted by atomic mass is 9.94. The van der Waals surface area contributed by atoms with Crippen LogP contribution in [0.15, 0.2) is 24.3 Å². The van der Waals surface area contributed by atoms with Crippen molar-refractivity contribution in [2.75, 3.05) is 6.54 Å². The number of hydrogen-bond donors (Lipinski definition) is 1. The Morgan fingerprint density at radius 3 is 2.47 bits per heavy atom. The minimum absolute atomic E-state index is 0.478. The average molecular weight is 274 g/mol. The normalized spacial score (nSPS) is 12.6. The van der Waals surface area contributed by atoms with E-state index in [9.17, 15) is 0 Å². The molecule has 2 N–H and O–H groups in total. The lowest BCUT2D eigenvalue weighted by Crippen LogP contribution is -2.19. The van der Waals surface area contributed by atoms with Crippen LogP contribution in [0.3, 0.4) is 0 Å². The third-order valence-electron chi connectivity index (χ3n) is 3.64. The molecule has 0 spiro atoms. The monoisotopic (exact) mass is 274 g/mol. The molecule has 0 bridgehead atoms. The number of benzene rings is 1. The Morgan fingerprint density at radius 1 is 1.16 bits per heavy atom. The van der Waals surface area contributed by atoms with Crippen molar-refractivity contribution in [3.05, 3.63) is 51.0 Å². The number of hydrogen-bond acceptors (Lipinski definition) is 3. The molecule has 0 aliphatic carbocycles. The molecule has 2 aromatic rings. The summed E-state index contributed by atoms with van der Waals surface area (Å²) in [6.07, 6.45) is 2.03. The summed E-state index contributed by atoms with van der Waals surface area (Å²) in [6, 6.07) is 8.56. The van der Waals surface area contributed by atoms with E-state index in [2.05, 4.69) is 50.0 Å². The number of nitrogens with two attached hydrogens (primary N) is 1. The summed E-state index contributed by atoms with van der Waals surface area (Å²) >= 11 is 1.81. The van der Waals surface area contributed by atoms with Gasteiger partial charge in [0.05, 0.1) is 10.7 Å². The first-order valence-corrected chi connectivity index (χ1v) is 7.59. The van der Waals surface area contributed by atoms with Crippen molar-refractivity contribution < 1.29 is 0 Å². The van der Waals surface area contributed by atoms with Crippen molar-refractivity contribution in [3.8, 4) is 0 Å².